The van der Waals surface area contributed by atoms with E-state index in [2.05, 4.69) is 0 Å². The van der Waals surface area contributed by atoms with Crippen LogP contribution >= 0.6 is 0 Å². The molecule has 438 valence electrons. The number of hydrogen-bond acceptors (Lipinski definition) is 19. The van der Waals surface area contributed by atoms with Crippen LogP contribution < -0.4 is 11.5 Å². The third-order valence-corrected chi connectivity index (χ3v) is 14.4. The fraction of sp³-hybridized carbons (Fsp3) is 0.576. The second-order valence-electron chi connectivity index (χ2n) is 21.4. The van der Waals surface area contributed by atoms with Gasteiger partial charge in [0.2, 0.25) is 0 Å². The monoisotopic (exact) mass is 1110 g/mol. The van der Waals surface area contributed by atoms with Crippen molar-refractivity contribution in [2.24, 2.45) is 29.4 Å². The van der Waals surface area contributed by atoms with E-state index in [0.29, 0.717) is 17.7 Å². The first-order valence-corrected chi connectivity index (χ1v) is 27.1. The van der Waals surface area contributed by atoms with Gasteiger partial charge in [-0.1, -0.05) is 106 Å². The number of esters is 1. The van der Waals surface area contributed by atoms with Gasteiger partial charge in [-0.15, -0.1) is 0 Å². The Labute approximate surface area is 462 Å². The maximum atomic E-state index is 13.3. The van der Waals surface area contributed by atoms with Crippen molar-refractivity contribution < 1.29 is 88.9 Å². The molecule has 2 bridgehead atoms. The number of carboxylic acid groups (broad SMARTS) is 1. The minimum absolute atomic E-state index is 0.0673. The lowest BCUT2D eigenvalue weighted by Crippen LogP contribution is -2.61. The van der Waals surface area contributed by atoms with Crippen molar-refractivity contribution in [3.8, 4) is 0 Å². The van der Waals surface area contributed by atoms with Gasteiger partial charge in [0.15, 0.2) is 17.9 Å². The zero-order valence-electron chi connectivity index (χ0n) is 45.5. The van der Waals surface area contributed by atoms with Crippen LogP contribution in [0.1, 0.15) is 115 Å². The largest absolute Gasteiger partial charge is 0.481 e. The average molecular weight is 1110 g/mol. The highest BCUT2D eigenvalue weighted by Gasteiger charge is 2.51. The topological polar surface area (TPSA) is 356 Å². The van der Waals surface area contributed by atoms with Crippen LogP contribution in [0, 0.1) is 23.7 Å². The Morgan fingerprint density at radius 2 is 1.33 bits per heavy atom. The molecule has 0 spiro atoms. The number of anilines is 1. The number of aliphatic hydroxyl groups is 8. The fourth-order valence-corrected chi connectivity index (χ4v) is 10.0. The molecule has 13 unspecified atom stereocenters. The van der Waals surface area contributed by atoms with Crippen LogP contribution in [0.3, 0.4) is 0 Å². The molecule has 0 saturated carbocycles. The fourth-order valence-electron chi connectivity index (χ4n) is 10.0. The van der Waals surface area contributed by atoms with Crippen molar-refractivity contribution in [3.63, 3.8) is 0 Å². The molecule has 0 aromatic heterocycles. The van der Waals surface area contributed by atoms with Crippen LogP contribution in [0.15, 0.2) is 109 Å². The normalized spacial score (nSPS) is 36.9. The third-order valence-electron chi connectivity index (χ3n) is 14.4. The molecule has 1 aromatic rings. The van der Waals surface area contributed by atoms with E-state index in [4.69, 9.17) is 30.4 Å². The van der Waals surface area contributed by atoms with Crippen molar-refractivity contribution in [2.75, 3.05) is 5.73 Å². The third kappa shape index (κ3) is 22.6. The molecule has 3 aliphatic rings. The number of carbonyl (C=O) groups is 5. The molecule has 0 aliphatic carbocycles. The number of nitrogen functional groups attached to an aromatic ring is 1. The summed E-state index contributed by atoms with van der Waals surface area (Å²) in [4.78, 5) is 64.6. The molecule has 3 aliphatic heterocycles. The molecular formula is C59H84N2O18. The number of ketones is 3. The SMILES string of the molecule is CC1/C=C/C=C/C=C/C=C/C=C/C=C/C=C/C(O[C@@H]2O[C@H](C)[C@@H](O)[C@@H](N)[C@@H]2O)CC2OC(O)(CC(O)CC(O)CC(O)CC(=O)CCCC(=O)CC(=O)OC1C(C)CC(C)C(O)CC(=O)c1ccc(N)cc1)CC(O)C2C(=O)O. The molecular weight excluding hydrogens is 1020 g/mol. The van der Waals surface area contributed by atoms with Crippen molar-refractivity contribution >= 4 is 35.0 Å². The summed E-state index contributed by atoms with van der Waals surface area (Å²) in [7, 11) is 0. The zero-order chi connectivity index (χ0) is 58.4. The van der Waals surface area contributed by atoms with E-state index >= 15 is 0 Å². The highest BCUT2D eigenvalue weighted by molar-refractivity contribution is 5.97. The molecule has 2 saturated heterocycles. The number of nitrogens with two attached hydrogens (primary N) is 2. The number of fused-ring (bicyclic) bond motifs is 2. The lowest BCUT2D eigenvalue weighted by molar-refractivity contribution is -0.308. The average Bonchev–Trinajstić information content (AvgIpc) is 3.40. The second kappa shape index (κ2) is 32.8. The number of rotatable bonds is 10. The number of carboxylic acids is 1. The second-order valence-corrected chi connectivity index (χ2v) is 21.4. The Balaban J connectivity index is 1.54. The Bertz CT molecular complexity index is 2330. The van der Waals surface area contributed by atoms with Gasteiger partial charge in [0.05, 0.1) is 61.0 Å². The van der Waals surface area contributed by atoms with E-state index in [9.17, 15) is 69.9 Å². The van der Waals surface area contributed by atoms with E-state index in [1.807, 2.05) is 26.8 Å². The zero-order valence-corrected chi connectivity index (χ0v) is 45.5. The Kier molecular flexibility index (Phi) is 27.5. The summed E-state index contributed by atoms with van der Waals surface area (Å²) in [6.07, 6.45) is 5.73. The number of carbonyl (C=O) groups excluding carboxylic acids is 4. The van der Waals surface area contributed by atoms with Gasteiger partial charge in [-0.05, 0) is 68.7 Å². The molecule has 20 nitrogen and oxygen atoms in total. The Morgan fingerprint density at radius 1 is 0.759 bits per heavy atom. The Hall–Kier alpha value is -5.33. The number of Topliss-reactive ketones (excluding diaryl/α,β-unsaturated/α-hetero) is 3. The molecule has 3 heterocycles. The summed E-state index contributed by atoms with van der Waals surface area (Å²) < 4.78 is 23.7. The first kappa shape index (κ1) is 66.2. The summed E-state index contributed by atoms with van der Waals surface area (Å²) in [5.74, 6) is -8.34. The first-order chi connectivity index (χ1) is 37.4. The Morgan fingerprint density at radius 3 is 1.94 bits per heavy atom. The predicted octanol–water partition coefficient (Wildman–Crippen LogP) is 3.77. The van der Waals surface area contributed by atoms with Crippen molar-refractivity contribution in [1.82, 2.24) is 0 Å². The number of allylic oxidation sites excluding steroid dienone is 12. The van der Waals surface area contributed by atoms with E-state index in [0.717, 1.165) is 0 Å². The van der Waals surface area contributed by atoms with Gasteiger partial charge in [-0.25, -0.2) is 0 Å². The highest BCUT2D eigenvalue weighted by atomic mass is 16.7. The molecule has 1 aromatic carbocycles. The predicted molar refractivity (Wildman–Crippen MR) is 292 cm³/mol. The summed E-state index contributed by atoms with van der Waals surface area (Å²) in [5, 5.41) is 97.8. The van der Waals surface area contributed by atoms with Gasteiger partial charge >= 0.3 is 11.9 Å². The molecule has 2 fully saturated rings. The lowest BCUT2D eigenvalue weighted by atomic mass is 9.82. The minimum Gasteiger partial charge on any atom is -0.481 e. The summed E-state index contributed by atoms with van der Waals surface area (Å²) in [6.45, 7) is 7.07. The number of aliphatic carboxylic acids is 1. The van der Waals surface area contributed by atoms with E-state index in [-0.39, 0.29) is 62.1 Å². The summed E-state index contributed by atoms with van der Waals surface area (Å²) in [6, 6.07) is 5.27. The number of aliphatic hydroxyl groups excluding tert-OH is 7. The molecule has 18 atom stereocenters. The maximum absolute atomic E-state index is 13.3. The van der Waals surface area contributed by atoms with E-state index in [1.165, 1.54) is 13.0 Å². The molecule has 4 rings (SSSR count). The smallest absolute Gasteiger partial charge is 0.313 e. The number of ether oxygens (including phenoxy) is 4. The van der Waals surface area contributed by atoms with Gasteiger partial charge in [0, 0.05) is 62.1 Å². The van der Waals surface area contributed by atoms with Gasteiger partial charge in [-0.3, -0.25) is 24.0 Å². The lowest BCUT2D eigenvalue weighted by Gasteiger charge is -2.45. The van der Waals surface area contributed by atoms with Gasteiger partial charge in [0.1, 0.15) is 36.1 Å². The van der Waals surface area contributed by atoms with Gasteiger partial charge in [-0.2, -0.15) is 0 Å². The summed E-state index contributed by atoms with van der Waals surface area (Å²) >= 11 is 0. The standard InChI is InChI=1S/C59H84N2O18/c1-35-18-15-13-11-9-7-5-6-8-10-12-14-16-21-46(77-58-55(72)53(61)54(71)38(4)76-58)31-50-52(57(73)74)49(69)34-59(75,79-50)33-45(66)29-44(65)28-43(64)27-41(62)19-17-20-42(63)30-51(70)78-56(35)37(3)26-36(2)47(67)32-48(68)39-22-24-40(60)25-23-39/h5-16,18,21-25,35-38,43-47,49-50,52-56,58,64-67,69,71-72,75H,17,19-20,26-34,60-61H2,1-4H3,(H,73,74)/b6-5+,9-7+,10-8+,13-11+,14-12+,18-15+,21-16+/t35?,36?,37?,38-,43?,44?,45?,46?,47?,49?,50?,52?,53-,54-,55+,56?,58+,59?/m1/s1. The van der Waals surface area contributed by atoms with Gasteiger partial charge < -0.3 is 76.4 Å². The van der Waals surface area contributed by atoms with E-state index < -0.39 is 147 Å². The van der Waals surface area contributed by atoms with Crippen LogP contribution in [0.25, 0.3) is 0 Å². The van der Waals surface area contributed by atoms with Crippen molar-refractivity contribution in [1.29, 1.82) is 0 Å². The van der Waals surface area contributed by atoms with Crippen LogP contribution in [0.2, 0.25) is 0 Å². The first-order valence-electron chi connectivity index (χ1n) is 27.1. The van der Waals surface area contributed by atoms with Crippen LogP contribution in [-0.4, -0.2) is 161 Å². The quantitative estimate of drug-likeness (QED) is 0.0687. The minimum atomic E-state index is -2.32. The molecule has 0 radical (unpaired) electrons. The number of cyclic esters (lactones) is 1. The van der Waals surface area contributed by atoms with Gasteiger partial charge in [0.25, 0.3) is 0 Å². The number of benzene rings is 1. The van der Waals surface area contributed by atoms with Crippen LogP contribution in [-0.2, 0) is 38.1 Å². The molecule has 79 heavy (non-hydrogen) atoms. The van der Waals surface area contributed by atoms with E-state index in [1.54, 1.807) is 97.2 Å². The molecule has 13 N–H and O–H groups in total. The highest BCUT2D eigenvalue weighted by Crippen LogP contribution is 2.38. The van der Waals surface area contributed by atoms with Crippen molar-refractivity contribution in [3.05, 3.63) is 115 Å². The maximum Gasteiger partial charge on any atom is 0.313 e. The van der Waals surface area contributed by atoms with Crippen LogP contribution in [0.4, 0.5) is 5.69 Å². The molecule has 0 amide bonds. The molecule has 20 heteroatoms. The summed E-state index contributed by atoms with van der Waals surface area (Å²) in [5.41, 5.74) is 12.7. The van der Waals surface area contributed by atoms with Crippen molar-refractivity contribution in [2.45, 2.75) is 190 Å². The number of hydrogen-bond donors (Lipinski definition) is 11. The van der Waals surface area contributed by atoms with Crippen LogP contribution in [0.5, 0.6) is 0 Å².